The summed E-state index contributed by atoms with van der Waals surface area (Å²) in [6.07, 6.45) is 2.10. The average Bonchev–Trinajstić information content (AvgIpc) is 3.10. The van der Waals surface area contributed by atoms with Crippen LogP contribution < -0.4 is 10.1 Å². The van der Waals surface area contributed by atoms with Crippen molar-refractivity contribution < 1.29 is 9.53 Å². The van der Waals surface area contributed by atoms with Gasteiger partial charge in [0.25, 0.3) is 0 Å². The fraction of sp³-hybridized carbons (Fsp3) is 0.444. The van der Waals surface area contributed by atoms with Crippen LogP contribution in [0.15, 0.2) is 30.3 Å². The van der Waals surface area contributed by atoms with Crippen LogP contribution in [0.3, 0.4) is 0 Å². The first-order chi connectivity index (χ1) is 11.5. The third kappa shape index (κ3) is 3.09. The fourth-order valence-electron chi connectivity index (χ4n) is 3.28. The van der Waals surface area contributed by atoms with Gasteiger partial charge in [0.2, 0.25) is 0 Å². The Morgan fingerprint density at radius 2 is 1.96 bits per heavy atom. The first-order valence-electron chi connectivity index (χ1n) is 8.27. The second-order valence-corrected chi connectivity index (χ2v) is 6.38. The van der Waals surface area contributed by atoms with E-state index in [1.165, 1.54) is 0 Å². The van der Waals surface area contributed by atoms with E-state index in [-0.39, 0.29) is 18.1 Å². The minimum Gasteiger partial charge on any atom is -0.497 e. The summed E-state index contributed by atoms with van der Waals surface area (Å²) < 4.78 is 6.95. The number of hydrogen-bond acceptors (Lipinski definition) is 3. The number of nitrogens with one attached hydrogen (secondary N) is 1. The van der Waals surface area contributed by atoms with E-state index >= 15 is 0 Å². The number of ether oxygens (including phenoxy) is 1. The van der Waals surface area contributed by atoms with E-state index in [9.17, 15) is 4.79 Å². The summed E-state index contributed by atoms with van der Waals surface area (Å²) in [5.41, 5.74) is 1.75. The average molecular weight is 328 g/mol. The summed E-state index contributed by atoms with van der Waals surface area (Å²) in [5, 5.41) is 7.49. The molecule has 1 aromatic heterocycles. The smallest absolute Gasteiger partial charge is 0.323 e. The molecule has 1 aliphatic rings. The largest absolute Gasteiger partial charge is 0.497 e. The van der Waals surface area contributed by atoms with Gasteiger partial charge in [0.05, 0.1) is 12.8 Å². The van der Waals surface area contributed by atoms with Gasteiger partial charge in [0.1, 0.15) is 11.6 Å². The Labute approximate surface area is 142 Å². The standard InChI is InChI=1S/C18H24N4O2/c1-12-8-9-13(2)22(12)18(23)19-17-11-16(20-21(17)3)14-6-5-7-15(10-14)24-4/h5-7,10-13H,8-9H2,1-4H3,(H,19,23)/t12-,13-/m0/s1. The fourth-order valence-corrected chi connectivity index (χ4v) is 3.28. The number of anilines is 1. The molecular formula is C18H24N4O2. The number of rotatable bonds is 3. The summed E-state index contributed by atoms with van der Waals surface area (Å²) in [5.74, 6) is 1.47. The summed E-state index contributed by atoms with van der Waals surface area (Å²) >= 11 is 0. The lowest BCUT2D eigenvalue weighted by Crippen LogP contribution is -2.41. The molecule has 1 N–H and O–H groups in total. The lowest BCUT2D eigenvalue weighted by Gasteiger charge is -2.26. The van der Waals surface area contributed by atoms with E-state index in [2.05, 4.69) is 24.3 Å². The lowest BCUT2D eigenvalue weighted by molar-refractivity contribution is 0.194. The number of carbonyl (C=O) groups excluding carboxylic acids is 1. The molecule has 1 saturated heterocycles. The molecule has 0 bridgehead atoms. The number of methoxy groups -OCH3 is 1. The highest BCUT2D eigenvalue weighted by Crippen LogP contribution is 2.27. The highest BCUT2D eigenvalue weighted by molar-refractivity contribution is 5.89. The van der Waals surface area contributed by atoms with Crippen LogP contribution in [-0.4, -0.2) is 39.9 Å². The number of hydrogen-bond donors (Lipinski definition) is 1. The van der Waals surface area contributed by atoms with Crippen LogP contribution in [0.1, 0.15) is 26.7 Å². The van der Waals surface area contributed by atoms with E-state index < -0.39 is 0 Å². The Balaban J connectivity index is 1.80. The van der Waals surface area contributed by atoms with Crippen LogP contribution in [0.25, 0.3) is 11.3 Å². The van der Waals surface area contributed by atoms with Crippen molar-refractivity contribution in [2.45, 2.75) is 38.8 Å². The Morgan fingerprint density at radius 3 is 2.62 bits per heavy atom. The topological polar surface area (TPSA) is 59.4 Å². The van der Waals surface area contributed by atoms with Gasteiger partial charge in [-0.25, -0.2) is 4.79 Å². The Morgan fingerprint density at radius 1 is 1.25 bits per heavy atom. The van der Waals surface area contributed by atoms with Crippen molar-refractivity contribution in [1.82, 2.24) is 14.7 Å². The first-order valence-corrected chi connectivity index (χ1v) is 8.27. The summed E-state index contributed by atoms with van der Waals surface area (Å²) in [4.78, 5) is 14.5. The molecular weight excluding hydrogens is 304 g/mol. The molecule has 128 valence electrons. The summed E-state index contributed by atoms with van der Waals surface area (Å²) in [6, 6.07) is 10.1. The Bertz CT molecular complexity index is 730. The van der Waals surface area contributed by atoms with Gasteiger partial charge in [-0.2, -0.15) is 5.10 Å². The second kappa shape index (κ2) is 6.55. The lowest BCUT2D eigenvalue weighted by atomic mass is 10.1. The van der Waals surface area contributed by atoms with E-state index in [4.69, 9.17) is 4.74 Å². The van der Waals surface area contributed by atoms with Gasteiger partial charge in [0, 0.05) is 30.8 Å². The zero-order chi connectivity index (χ0) is 17.3. The molecule has 6 nitrogen and oxygen atoms in total. The van der Waals surface area contributed by atoms with E-state index in [0.717, 1.165) is 29.8 Å². The Hall–Kier alpha value is -2.50. The molecule has 24 heavy (non-hydrogen) atoms. The monoisotopic (exact) mass is 328 g/mol. The van der Waals surface area contributed by atoms with Crippen LogP contribution in [0.5, 0.6) is 5.75 Å². The van der Waals surface area contributed by atoms with Crippen LogP contribution in [-0.2, 0) is 7.05 Å². The molecule has 1 fully saturated rings. The zero-order valence-electron chi connectivity index (χ0n) is 14.6. The Kier molecular flexibility index (Phi) is 4.46. The molecule has 0 unspecified atom stereocenters. The molecule has 0 saturated carbocycles. The molecule has 3 rings (SSSR count). The number of amides is 2. The van der Waals surface area contributed by atoms with Crippen molar-refractivity contribution in [1.29, 1.82) is 0 Å². The van der Waals surface area contributed by atoms with Gasteiger partial charge in [0.15, 0.2) is 0 Å². The van der Waals surface area contributed by atoms with Crippen molar-refractivity contribution in [2.75, 3.05) is 12.4 Å². The van der Waals surface area contributed by atoms with Crippen molar-refractivity contribution in [3.63, 3.8) is 0 Å². The highest BCUT2D eigenvalue weighted by Gasteiger charge is 2.31. The minimum absolute atomic E-state index is 0.0623. The van der Waals surface area contributed by atoms with Gasteiger partial charge in [-0.1, -0.05) is 12.1 Å². The number of likely N-dealkylation sites (tertiary alicyclic amines) is 1. The summed E-state index contributed by atoms with van der Waals surface area (Å²) in [6.45, 7) is 4.18. The first kappa shape index (κ1) is 16.4. The highest BCUT2D eigenvalue weighted by atomic mass is 16.5. The van der Waals surface area contributed by atoms with Gasteiger partial charge >= 0.3 is 6.03 Å². The van der Waals surface area contributed by atoms with E-state index in [0.29, 0.717) is 5.82 Å². The molecule has 1 aliphatic heterocycles. The molecule has 0 spiro atoms. The predicted molar refractivity (Wildman–Crippen MR) is 94.2 cm³/mol. The number of carbonyl (C=O) groups is 1. The number of benzene rings is 1. The van der Waals surface area contributed by atoms with Crippen molar-refractivity contribution in [3.8, 4) is 17.0 Å². The SMILES string of the molecule is COc1cccc(-c2cc(NC(=O)N3[C@@H](C)CC[C@@H]3C)n(C)n2)c1. The molecule has 0 radical (unpaired) electrons. The van der Waals surface area contributed by atoms with Crippen molar-refractivity contribution in [2.24, 2.45) is 7.05 Å². The quantitative estimate of drug-likeness (QED) is 0.938. The molecule has 0 aliphatic carbocycles. The van der Waals surface area contributed by atoms with Crippen LogP contribution in [0, 0.1) is 0 Å². The van der Waals surface area contributed by atoms with Crippen molar-refractivity contribution >= 4 is 11.8 Å². The van der Waals surface area contributed by atoms with Gasteiger partial charge < -0.3 is 9.64 Å². The normalized spacial score (nSPS) is 20.2. The number of urea groups is 1. The minimum atomic E-state index is -0.0623. The van der Waals surface area contributed by atoms with Crippen molar-refractivity contribution in [3.05, 3.63) is 30.3 Å². The third-order valence-electron chi connectivity index (χ3n) is 4.67. The van der Waals surface area contributed by atoms with Gasteiger partial charge in [-0.3, -0.25) is 10.00 Å². The molecule has 6 heteroatoms. The molecule has 1 aromatic carbocycles. The number of nitrogens with zero attached hydrogens (tertiary/aromatic N) is 3. The number of aryl methyl sites for hydroxylation is 1. The van der Waals surface area contributed by atoms with Crippen LogP contribution in [0.4, 0.5) is 10.6 Å². The number of aromatic nitrogens is 2. The molecule has 2 heterocycles. The maximum absolute atomic E-state index is 12.6. The predicted octanol–water partition coefficient (Wildman–Crippen LogP) is 3.50. The third-order valence-corrected chi connectivity index (χ3v) is 4.67. The van der Waals surface area contributed by atoms with Crippen LogP contribution >= 0.6 is 0 Å². The zero-order valence-corrected chi connectivity index (χ0v) is 14.6. The van der Waals surface area contributed by atoms with Gasteiger partial charge in [-0.05, 0) is 38.8 Å². The van der Waals surface area contributed by atoms with Gasteiger partial charge in [-0.15, -0.1) is 0 Å². The maximum Gasteiger partial charge on any atom is 0.323 e. The van der Waals surface area contributed by atoms with E-state index in [1.54, 1.807) is 11.8 Å². The second-order valence-electron chi connectivity index (χ2n) is 6.38. The van der Waals surface area contributed by atoms with Crippen LogP contribution in [0.2, 0.25) is 0 Å². The maximum atomic E-state index is 12.6. The molecule has 2 amide bonds. The van der Waals surface area contributed by atoms with E-state index in [1.807, 2.05) is 42.3 Å². The molecule has 2 aromatic rings. The molecule has 2 atom stereocenters. The summed E-state index contributed by atoms with van der Waals surface area (Å²) in [7, 11) is 3.47.